The molecule has 8 heteroatoms. The zero-order valence-corrected chi connectivity index (χ0v) is 28.0. The topological polar surface area (TPSA) is 68.4 Å². The number of carbonyl (C=O) groups is 2. The molecule has 0 aliphatic carbocycles. The van der Waals surface area contributed by atoms with Gasteiger partial charge in [0.2, 0.25) is 0 Å². The molecule has 6 rings (SSSR count). The van der Waals surface area contributed by atoms with Gasteiger partial charge in [-0.3, -0.25) is 0 Å². The number of rotatable bonds is 6. The van der Waals surface area contributed by atoms with Gasteiger partial charge in [-0.2, -0.15) is 0 Å². The lowest BCUT2D eigenvalue weighted by molar-refractivity contribution is -0.00592. The summed E-state index contributed by atoms with van der Waals surface area (Å²) >= 11 is 0. The number of unbranched alkanes of at least 4 members (excludes halogenated alkanes) is 2. The second-order valence-corrected chi connectivity index (χ2v) is 15.4. The molecule has 3 amide bonds. The van der Waals surface area contributed by atoms with Gasteiger partial charge < -0.3 is 29.7 Å². The fourth-order valence-electron chi connectivity index (χ4n) is 9.07. The summed E-state index contributed by atoms with van der Waals surface area (Å²) in [5.41, 5.74) is -0.389. The summed E-state index contributed by atoms with van der Waals surface area (Å²) in [5.74, 6) is 0. The van der Waals surface area contributed by atoms with Gasteiger partial charge in [0.25, 0.3) is 0 Å². The molecule has 6 saturated heterocycles. The Labute approximate surface area is 262 Å². The van der Waals surface area contributed by atoms with Crippen molar-refractivity contribution in [1.82, 2.24) is 24.9 Å². The molecule has 0 aromatic heterocycles. The average molecular weight is 602 g/mol. The highest BCUT2D eigenvalue weighted by Crippen LogP contribution is 2.40. The Morgan fingerprint density at radius 3 is 1.51 bits per heavy atom. The third kappa shape index (κ3) is 8.59. The van der Waals surface area contributed by atoms with Crippen molar-refractivity contribution in [2.75, 3.05) is 32.7 Å². The van der Waals surface area contributed by atoms with E-state index in [1.54, 1.807) is 0 Å². The highest BCUT2D eigenvalue weighted by atomic mass is 16.6. The molecule has 5 atom stereocenters. The van der Waals surface area contributed by atoms with E-state index in [1.807, 2.05) is 20.8 Å². The van der Waals surface area contributed by atoms with Gasteiger partial charge in [0.05, 0.1) is 0 Å². The lowest BCUT2D eigenvalue weighted by Crippen LogP contribution is -2.55. The van der Waals surface area contributed by atoms with E-state index in [1.165, 1.54) is 103 Å². The number of amides is 3. The fourth-order valence-corrected chi connectivity index (χ4v) is 9.07. The molecule has 8 nitrogen and oxygen atoms in total. The highest BCUT2D eigenvalue weighted by Gasteiger charge is 2.46. The van der Waals surface area contributed by atoms with Crippen molar-refractivity contribution in [3.8, 4) is 0 Å². The van der Waals surface area contributed by atoms with Gasteiger partial charge in [0.1, 0.15) is 5.60 Å². The SMILES string of the molecule is CC(C)(C)OC(=O)N1C2CCC1CC(N1CCCCC1)C2.CCCCCNC(=O)N1[C@@H]2CC[C@H]1CC(N1CCCCC1)C2. The summed E-state index contributed by atoms with van der Waals surface area (Å²) in [5, 5.41) is 3.16. The van der Waals surface area contributed by atoms with Gasteiger partial charge >= 0.3 is 12.1 Å². The third-order valence-electron chi connectivity index (χ3n) is 11.1. The number of piperidine rings is 4. The van der Waals surface area contributed by atoms with Crippen LogP contribution in [0.2, 0.25) is 0 Å². The minimum absolute atomic E-state index is 0.0907. The van der Waals surface area contributed by atoms with E-state index in [4.69, 9.17) is 4.74 Å². The van der Waals surface area contributed by atoms with Crippen LogP contribution in [0.3, 0.4) is 0 Å². The monoisotopic (exact) mass is 601 g/mol. The Morgan fingerprint density at radius 1 is 0.651 bits per heavy atom. The van der Waals surface area contributed by atoms with Crippen molar-refractivity contribution < 1.29 is 14.3 Å². The third-order valence-corrected chi connectivity index (χ3v) is 11.1. The van der Waals surface area contributed by atoms with Gasteiger partial charge in [0, 0.05) is 42.8 Å². The molecule has 246 valence electrons. The molecule has 0 saturated carbocycles. The van der Waals surface area contributed by atoms with Crippen molar-refractivity contribution in [3.63, 3.8) is 0 Å². The van der Waals surface area contributed by atoms with Gasteiger partial charge in [-0.15, -0.1) is 0 Å². The Bertz CT molecular complexity index is 868. The number of carbonyl (C=O) groups excluding carboxylic acids is 2. The minimum Gasteiger partial charge on any atom is -0.444 e. The molecule has 0 spiro atoms. The second-order valence-electron chi connectivity index (χ2n) is 15.4. The van der Waals surface area contributed by atoms with Gasteiger partial charge in [-0.25, -0.2) is 9.59 Å². The molecule has 0 radical (unpaired) electrons. The van der Waals surface area contributed by atoms with Crippen LogP contribution in [-0.4, -0.2) is 106 Å². The summed E-state index contributed by atoms with van der Waals surface area (Å²) in [6.07, 6.45) is 21.1. The first-order valence-corrected chi connectivity index (χ1v) is 18.3. The zero-order valence-electron chi connectivity index (χ0n) is 28.0. The Kier molecular flexibility index (Phi) is 11.6. The number of hydrogen-bond acceptors (Lipinski definition) is 5. The first kappa shape index (κ1) is 32.8. The van der Waals surface area contributed by atoms with Crippen molar-refractivity contribution >= 4 is 12.1 Å². The van der Waals surface area contributed by atoms with E-state index in [0.717, 1.165) is 44.7 Å². The summed E-state index contributed by atoms with van der Waals surface area (Å²) in [6.45, 7) is 14.0. The number of fused-ring (bicyclic) bond motifs is 4. The predicted molar refractivity (Wildman–Crippen MR) is 173 cm³/mol. The molecule has 6 fully saturated rings. The van der Waals surface area contributed by atoms with E-state index < -0.39 is 0 Å². The molecule has 1 N–H and O–H groups in total. The maximum Gasteiger partial charge on any atom is 0.410 e. The molecule has 43 heavy (non-hydrogen) atoms. The molecule has 6 aliphatic heterocycles. The Balaban J connectivity index is 0.000000171. The Morgan fingerprint density at radius 2 is 1.09 bits per heavy atom. The molecule has 6 heterocycles. The summed E-state index contributed by atoms with van der Waals surface area (Å²) in [4.78, 5) is 34.6. The predicted octanol–water partition coefficient (Wildman–Crippen LogP) is 6.77. The molecular weight excluding hydrogens is 538 g/mol. The highest BCUT2D eigenvalue weighted by molar-refractivity contribution is 5.75. The zero-order chi connectivity index (χ0) is 30.4. The first-order valence-electron chi connectivity index (χ1n) is 18.3. The van der Waals surface area contributed by atoms with Crippen LogP contribution < -0.4 is 5.32 Å². The van der Waals surface area contributed by atoms with Crippen LogP contribution in [0, 0.1) is 0 Å². The van der Waals surface area contributed by atoms with E-state index >= 15 is 0 Å². The molecule has 0 aromatic rings. The summed E-state index contributed by atoms with van der Waals surface area (Å²) in [6, 6.07) is 3.45. The smallest absolute Gasteiger partial charge is 0.410 e. The maximum atomic E-state index is 12.5. The standard InChI is InChI=1S/C18H33N3O.C17H30N2O2/c1-2-3-5-10-19-18(22)21-15-8-9-16(21)14-17(13-15)20-11-6-4-7-12-20;1-17(2,3)21-16(20)19-13-7-8-14(19)12-15(11-13)18-9-5-4-6-10-18/h15-17H,2-14H2,1H3,(H,19,22);13-15H,4-12H2,1-3H3/t15-,16+,17?;. The second kappa shape index (κ2) is 15.2. The number of urea groups is 1. The van der Waals surface area contributed by atoms with Crippen molar-refractivity contribution in [1.29, 1.82) is 0 Å². The fraction of sp³-hybridized carbons (Fsp3) is 0.943. The number of hydrogen-bond donors (Lipinski definition) is 1. The largest absolute Gasteiger partial charge is 0.444 e. The van der Waals surface area contributed by atoms with Crippen LogP contribution in [0.5, 0.6) is 0 Å². The van der Waals surface area contributed by atoms with Crippen LogP contribution in [0.4, 0.5) is 9.59 Å². The number of nitrogens with one attached hydrogen (secondary N) is 1. The van der Waals surface area contributed by atoms with Crippen molar-refractivity contribution in [3.05, 3.63) is 0 Å². The van der Waals surface area contributed by atoms with E-state index in [9.17, 15) is 9.59 Å². The van der Waals surface area contributed by atoms with E-state index in [2.05, 4.69) is 31.8 Å². The van der Waals surface area contributed by atoms with E-state index in [0.29, 0.717) is 30.2 Å². The normalized spacial score (nSPS) is 33.1. The lowest BCUT2D eigenvalue weighted by Gasteiger charge is -2.44. The molecule has 3 unspecified atom stereocenters. The van der Waals surface area contributed by atoms with Gasteiger partial charge in [-0.1, -0.05) is 32.6 Å². The summed E-state index contributed by atoms with van der Waals surface area (Å²) < 4.78 is 5.61. The van der Waals surface area contributed by atoms with Crippen LogP contribution in [0.25, 0.3) is 0 Å². The number of nitrogens with zero attached hydrogens (tertiary/aromatic N) is 4. The number of likely N-dealkylation sites (tertiary alicyclic amines) is 2. The van der Waals surface area contributed by atoms with Crippen LogP contribution in [-0.2, 0) is 4.74 Å². The van der Waals surface area contributed by atoms with Gasteiger partial charge in [-0.05, 0) is 130 Å². The average Bonchev–Trinajstić information content (AvgIpc) is 3.43. The van der Waals surface area contributed by atoms with Crippen LogP contribution >= 0.6 is 0 Å². The molecule has 4 bridgehead atoms. The maximum absolute atomic E-state index is 12.5. The molecular formula is C35H63N5O3. The first-order chi connectivity index (χ1) is 20.7. The molecule has 0 aromatic carbocycles. The van der Waals surface area contributed by atoms with Crippen LogP contribution in [0.1, 0.15) is 137 Å². The van der Waals surface area contributed by atoms with Crippen molar-refractivity contribution in [2.45, 2.75) is 179 Å². The van der Waals surface area contributed by atoms with Crippen LogP contribution in [0.15, 0.2) is 0 Å². The Hall–Kier alpha value is -1.54. The number of ether oxygens (including phenoxy) is 1. The summed E-state index contributed by atoms with van der Waals surface area (Å²) in [7, 11) is 0. The van der Waals surface area contributed by atoms with Crippen molar-refractivity contribution in [2.24, 2.45) is 0 Å². The van der Waals surface area contributed by atoms with E-state index in [-0.39, 0.29) is 17.7 Å². The van der Waals surface area contributed by atoms with Gasteiger partial charge in [0.15, 0.2) is 0 Å². The minimum atomic E-state index is -0.389. The lowest BCUT2D eigenvalue weighted by atomic mass is 9.94. The molecule has 6 aliphatic rings. The quantitative estimate of drug-likeness (QED) is 0.340.